The van der Waals surface area contributed by atoms with Crippen LogP contribution in [0.4, 0.5) is 5.69 Å². The van der Waals surface area contributed by atoms with E-state index < -0.39 is 0 Å². The lowest BCUT2D eigenvalue weighted by Crippen LogP contribution is -2.07. The average Bonchev–Trinajstić information content (AvgIpc) is 2.84. The number of hydrogen-bond donors (Lipinski definition) is 1. The molecule has 15 heavy (non-hydrogen) atoms. The number of rotatable bonds is 3. The van der Waals surface area contributed by atoms with Crippen molar-refractivity contribution >= 4 is 5.69 Å². The molecule has 1 unspecified atom stereocenters. The number of nitrogens with zero attached hydrogens (tertiary/aromatic N) is 2. The van der Waals surface area contributed by atoms with Crippen LogP contribution in [0.3, 0.4) is 0 Å². The molecule has 1 aliphatic carbocycles. The Morgan fingerprint density at radius 1 is 1.67 bits per heavy atom. The minimum atomic E-state index is 0.468. The van der Waals surface area contributed by atoms with E-state index in [1.54, 1.807) is 12.3 Å². The number of aromatic nitrogens is 1. The van der Waals surface area contributed by atoms with Gasteiger partial charge in [0.05, 0.1) is 0 Å². The van der Waals surface area contributed by atoms with E-state index in [9.17, 15) is 0 Å². The third-order valence-corrected chi connectivity index (χ3v) is 3.14. The largest absolute Gasteiger partial charge is 0.385 e. The highest BCUT2D eigenvalue weighted by Gasteiger charge is 2.44. The fourth-order valence-corrected chi connectivity index (χ4v) is 1.77. The Bertz CT molecular complexity index is 404. The molecule has 0 spiro atoms. The summed E-state index contributed by atoms with van der Waals surface area (Å²) in [5, 5.41) is 12.0. The van der Waals surface area contributed by atoms with Crippen LogP contribution in [0.1, 0.15) is 26.0 Å². The second-order valence-electron chi connectivity index (χ2n) is 4.81. The Balaban J connectivity index is 1.92. The SMILES string of the molecule is CC1(C)CC1CNc1ccnc(C#N)c1. The van der Waals surface area contributed by atoms with Crippen LogP contribution < -0.4 is 5.32 Å². The van der Waals surface area contributed by atoms with Gasteiger partial charge in [0, 0.05) is 18.4 Å². The molecule has 0 amide bonds. The van der Waals surface area contributed by atoms with Crippen molar-refractivity contribution in [2.45, 2.75) is 20.3 Å². The Labute approximate surface area is 90.1 Å². The van der Waals surface area contributed by atoms with Crippen molar-refractivity contribution in [3.8, 4) is 6.07 Å². The van der Waals surface area contributed by atoms with E-state index in [-0.39, 0.29) is 0 Å². The molecule has 0 radical (unpaired) electrons. The minimum absolute atomic E-state index is 0.468. The highest BCUT2D eigenvalue weighted by atomic mass is 14.9. The van der Waals surface area contributed by atoms with Gasteiger partial charge in [0.2, 0.25) is 0 Å². The maximum atomic E-state index is 8.69. The summed E-state index contributed by atoms with van der Waals surface area (Å²) < 4.78 is 0. The molecule has 2 rings (SSSR count). The molecule has 3 nitrogen and oxygen atoms in total. The van der Waals surface area contributed by atoms with Crippen molar-refractivity contribution in [2.24, 2.45) is 11.3 Å². The van der Waals surface area contributed by atoms with E-state index in [0.29, 0.717) is 11.1 Å². The van der Waals surface area contributed by atoms with Crippen LogP contribution in [0.15, 0.2) is 18.3 Å². The molecule has 1 aromatic rings. The average molecular weight is 201 g/mol. The predicted molar refractivity (Wildman–Crippen MR) is 59.3 cm³/mol. The molecular weight excluding hydrogens is 186 g/mol. The molecule has 0 bridgehead atoms. The zero-order valence-corrected chi connectivity index (χ0v) is 9.12. The number of anilines is 1. The molecular formula is C12H15N3. The number of pyridine rings is 1. The van der Waals surface area contributed by atoms with Crippen molar-refractivity contribution in [1.82, 2.24) is 4.98 Å². The fourth-order valence-electron chi connectivity index (χ4n) is 1.77. The van der Waals surface area contributed by atoms with Crippen LogP contribution in [0.2, 0.25) is 0 Å². The van der Waals surface area contributed by atoms with Gasteiger partial charge in [-0.15, -0.1) is 0 Å². The highest BCUT2D eigenvalue weighted by molar-refractivity contribution is 5.46. The van der Waals surface area contributed by atoms with E-state index in [2.05, 4.69) is 24.1 Å². The van der Waals surface area contributed by atoms with Gasteiger partial charge in [-0.3, -0.25) is 0 Å². The summed E-state index contributed by atoms with van der Waals surface area (Å²) in [6, 6.07) is 5.72. The Morgan fingerprint density at radius 2 is 2.40 bits per heavy atom. The zero-order chi connectivity index (χ0) is 10.9. The fraction of sp³-hybridized carbons (Fsp3) is 0.500. The van der Waals surface area contributed by atoms with Gasteiger partial charge in [-0.25, -0.2) is 4.98 Å². The number of nitriles is 1. The Morgan fingerprint density at radius 3 is 3.00 bits per heavy atom. The molecule has 1 N–H and O–H groups in total. The quantitative estimate of drug-likeness (QED) is 0.817. The number of nitrogens with one attached hydrogen (secondary N) is 1. The molecule has 1 fully saturated rings. The van der Waals surface area contributed by atoms with Crippen molar-refractivity contribution in [2.75, 3.05) is 11.9 Å². The molecule has 1 heterocycles. The predicted octanol–water partition coefficient (Wildman–Crippen LogP) is 2.41. The lowest BCUT2D eigenvalue weighted by molar-refractivity contribution is 0.573. The van der Waals surface area contributed by atoms with Crippen LogP contribution in [-0.2, 0) is 0 Å². The monoisotopic (exact) mass is 201 g/mol. The zero-order valence-electron chi connectivity index (χ0n) is 9.12. The molecule has 0 aromatic carbocycles. The molecule has 3 heteroatoms. The van der Waals surface area contributed by atoms with Gasteiger partial charge < -0.3 is 5.32 Å². The number of hydrogen-bond acceptors (Lipinski definition) is 3. The summed E-state index contributed by atoms with van der Waals surface area (Å²) in [6.45, 7) is 5.56. The highest BCUT2D eigenvalue weighted by Crippen LogP contribution is 2.51. The van der Waals surface area contributed by atoms with Gasteiger partial charge >= 0.3 is 0 Å². The smallest absolute Gasteiger partial charge is 0.142 e. The van der Waals surface area contributed by atoms with Crippen molar-refractivity contribution in [3.05, 3.63) is 24.0 Å². The van der Waals surface area contributed by atoms with Crippen molar-refractivity contribution in [1.29, 1.82) is 5.26 Å². The third kappa shape index (κ3) is 2.27. The summed E-state index contributed by atoms with van der Waals surface area (Å²) >= 11 is 0. The van der Waals surface area contributed by atoms with Gasteiger partial charge in [0.15, 0.2) is 0 Å². The summed E-state index contributed by atoms with van der Waals surface area (Å²) in [6.07, 6.45) is 2.95. The molecule has 1 aromatic heterocycles. The van der Waals surface area contributed by atoms with E-state index in [0.717, 1.165) is 18.2 Å². The third-order valence-electron chi connectivity index (χ3n) is 3.14. The van der Waals surface area contributed by atoms with E-state index in [1.807, 2.05) is 12.1 Å². The van der Waals surface area contributed by atoms with Gasteiger partial charge in [0.1, 0.15) is 11.8 Å². The van der Waals surface area contributed by atoms with Crippen LogP contribution >= 0.6 is 0 Å². The first-order valence-electron chi connectivity index (χ1n) is 5.22. The van der Waals surface area contributed by atoms with E-state index >= 15 is 0 Å². The summed E-state index contributed by atoms with van der Waals surface area (Å²) in [7, 11) is 0. The summed E-state index contributed by atoms with van der Waals surface area (Å²) in [4.78, 5) is 3.93. The topological polar surface area (TPSA) is 48.7 Å². The van der Waals surface area contributed by atoms with Crippen molar-refractivity contribution < 1.29 is 0 Å². The maximum Gasteiger partial charge on any atom is 0.142 e. The lowest BCUT2D eigenvalue weighted by atomic mass is 10.1. The Kier molecular flexibility index (Phi) is 2.36. The lowest BCUT2D eigenvalue weighted by Gasteiger charge is -2.07. The van der Waals surface area contributed by atoms with Gasteiger partial charge in [-0.1, -0.05) is 13.8 Å². The van der Waals surface area contributed by atoms with Gasteiger partial charge in [0.25, 0.3) is 0 Å². The molecule has 0 saturated heterocycles. The molecule has 1 atom stereocenters. The second-order valence-corrected chi connectivity index (χ2v) is 4.81. The summed E-state index contributed by atoms with van der Waals surface area (Å²) in [5.74, 6) is 0.760. The first-order chi connectivity index (χ1) is 7.12. The van der Waals surface area contributed by atoms with Gasteiger partial charge in [-0.05, 0) is 29.9 Å². The van der Waals surface area contributed by atoms with Crippen LogP contribution in [0.5, 0.6) is 0 Å². The Hall–Kier alpha value is -1.56. The van der Waals surface area contributed by atoms with Crippen molar-refractivity contribution in [3.63, 3.8) is 0 Å². The van der Waals surface area contributed by atoms with Crippen LogP contribution in [-0.4, -0.2) is 11.5 Å². The second kappa shape index (κ2) is 3.54. The maximum absolute atomic E-state index is 8.69. The van der Waals surface area contributed by atoms with Gasteiger partial charge in [-0.2, -0.15) is 5.26 Å². The van der Waals surface area contributed by atoms with Crippen LogP contribution in [0.25, 0.3) is 0 Å². The normalized spacial score (nSPS) is 21.8. The van der Waals surface area contributed by atoms with E-state index in [4.69, 9.17) is 5.26 Å². The van der Waals surface area contributed by atoms with E-state index in [1.165, 1.54) is 6.42 Å². The van der Waals surface area contributed by atoms with Crippen LogP contribution in [0, 0.1) is 22.7 Å². The first-order valence-corrected chi connectivity index (χ1v) is 5.22. The molecule has 1 saturated carbocycles. The minimum Gasteiger partial charge on any atom is -0.385 e. The molecule has 1 aliphatic rings. The molecule has 0 aliphatic heterocycles. The molecule has 78 valence electrons. The first kappa shape index (κ1) is 9.97. The summed E-state index contributed by atoms with van der Waals surface area (Å²) in [5.41, 5.74) is 1.96. The standard InChI is InChI=1S/C12H15N3/c1-12(2)6-9(12)8-15-10-3-4-14-11(5-10)7-13/h3-5,9H,6,8H2,1-2H3,(H,14,15).